The smallest absolute Gasteiger partial charge is 0.253 e. The van der Waals surface area contributed by atoms with Crippen LogP contribution in [0.3, 0.4) is 0 Å². The number of halogens is 2. The first-order valence-electron chi connectivity index (χ1n) is 6.35. The van der Waals surface area contributed by atoms with Gasteiger partial charge in [0.2, 0.25) is 0 Å². The molecule has 1 saturated heterocycles. The highest BCUT2D eigenvalue weighted by atomic mass is 127. The topological polar surface area (TPSA) is 29.5 Å². The van der Waals surface area contributed by atoms with E-state index in [1.807, 2.05) is 17.0 Å². The molecule has 1 aliphatic heterocycles. The lowest BCUT2D eigenvalue weighted by Crippen LogP contribution is -2.39. The highest BCUT2D eigenvalue weighted by Gasteiger charge is 2.23. The molecule has 1 aliphatic rings. The number of methoxy groups -OCH3 is 1. The fraction of sp³-hybridized carbons (Fsp3) is 0.500. The monoisotopic (exact) mass is 393 g/mol. The molecule has 0 spiro atoms. The van der Waals surface area contributed by atoms with Gasteiger partial charge in [0.1, 0.15) is 0 Å². The van der Waals surface area contributed by atoms with Gasteiger partial charge in [0, 0.05) is 35.9 Å². The Morgan fingerprint density at radius 2 is 2.16 bits per heavy atom. The number of piperidine rings is 1. The van der Waals surface area contributed by atoms with Crippen molar-refractivity contribution in [1.82, 2.24) is 4.90 Å². The molecule has 0 aliphatic carbocycles. The zero-order valence-corrected chi connectivity index (χ0v) is 13.8. The number of amides is 1. The van der Waals surface area contributed by atoms with Gasteiger partial charge in [0.05, 0.1) is 5.02 Å². The molecule has 3 nitrogen and oxygen atoms in total. The van der Waals surface area contributed by atoms with Crippen LogP contribution in [-0.2, 0) is 4.74 Å². The van der Waals surface area contributed by atoms with Gasteiger partial charge in [-0.15, -0.1) is 0 Å². The summed E-state index contributed by atoms with van der Waals surface area (Å²) in [6.45, 7) is 2.39. The number of hydrogen-bond donors (Lipinski definition) is 0. The Hall–Kier alpha value is -0.330. The second-order valence-electron chi connectivity index (χ2n) is 4.82. The first-order chi connectivity index (χ1) is 9.11. The summed E-state index contributed by atoms with van der Waals surface area (Å²) in [6.07, 6.45) is 2.02. The van der Waals surface area contributed by atoms with Gasteiger partial charge in [0.15, 0.2) is 0 Å². The molecular formula is C14H17ClINO2. The van der Waals surface area contributed by atoms with Crippen LogP contribution in [0.5, 0.6) is 0 Å². The Kier molecular flexibility index (Phi) is 5.47. The first-order valence-corrected chi connectivity index (χ1v) is 7.80. The van der Waals surface area contributed by atoms with Crippen LogP contribution in [0.25, 0.3) is 0 Å². The summed E-state index contributed by atoms with van der Waals surface area (Å²) in [5, 5.41) is 0.640. The predicted molar refractivity (Wildman–Crippen MR) is 84.7 cm³/mol. The van der Waals surface area contributed by atoms with Crippen molar-refractivity contribution in [3.05, 3.63) is 32.4 Å². The average molecular weight is 394 g/mol. The molecule has 1 aromatic carbocycles. The van der Waals surface area contributed by atoms with Crippen molar-refractivity contribution in [2.45, 2.75) is 12.8 Å². The van der Waals surface area contributed by atoms with Gasteiger partial charge < -0.3 is 9.64 Å². The Morgan fingerprint density at radius 1 is 1.47 bits per heavy atom. The predicted octanol–water partition coefficient (Wildman–Crippen LogP) is 3.44. The van der Waals surface area contributed by atoms with E-state index >= 15 is 0 Å². The maximum absolute atomic E-state index is 12.4. The quantitative estimate of drug-likeness (QED) is 0.736. The third-order valence-electron chi connectivity index (χ3n) is 3.47. The van der Waals surface area contributed by atoms with Gasteiger partial charge in [-0.25, -0.2) is 0 Å². The maximum Gasteiger partial charge on any atom is 0.253 e. The standard InChI is InChI=1S/C14H17ClINO2/c1-19-9-10-4-6-17(7-5-10)14(18)11-2-3-13(16)12(15)8-11/h2-3,8,10H,4-7,9H2,1H3. The Labute approximate surface area is 132 Å². The third kappa shape index (κ3) is 3.83. The minimum absolute atomic E-state index is 0.0779. The number of ether oxygens (including phenoxy) is 1. The molecular weight excluding hydrogens is 377 g/mol. The SMILES string of the molecule is COCC1CCN(C(=O)c2ccc(I)c(Cl)c2)CC1. The van der Waals surface area contributed by atoms with E-state index in [1.54, 1.807) is 13.2 Å². The molecule has 1 heterocycles. The molecule has 0 aromatic heterocycles. The van der Waals surface area contributed by atoms with Gasteiger partial charge in [0.25, 0.3) is 5.91 Å². The van der Waals surface area contributed by atoms with Crippen molar-refractivity contribution < 1.29 is 9.53 Å². The molecule has 1 aromatic rings. The van der Waals surface area contributed by atoms with E-state index in [2.05, 4.69) is 22.6 Å². The van der Waals surface area contributed by atoms with Crippen LogP contribution < -0.4 is 0 Å². The van der Waals surface area contributed by atoms with Crippen molar-refractivity contribution in [2.75, 3.05) is 26.8 Å². The van der Waals surface area contributed by atoms with Crippen molar-refractivity contribution in [2.24, 2.45) is 5.92 Å². The summed E-state index contributed by atoms with van der Waals surface area (Å²) in [4.78, 5) is 14.3. The van der Waals surface area contributed by atoms with Crippen LogP contribution in [0.1, 0.15) is 23.2 Å². The van der Waals surface area contributed by atoms with Crippen LogP contribution >= 0.6 is 34.2 Å². The highest BCUT2D eigenvalue weighted by Crippen LogP contribution is 2.23. The second kappa shape index (κ2) is 6.90. The summed E-state index contributed by atoms with van der Waals surface area (Å²) in [7, 11) is 1.73. The van der Waals surface area contributed by atoms with E-state index in [-0.39, 0.29) is 5.91 Å². The second-order valence-corrected chi connectivity index (χ2v) is 6.39. The summed E-state index contributed by atoms with van der Waals surface area (Å²) >= 11 is 8.23. The van der Waals surface area contributed by atoms with Gasteiger partial charge in [-0.3, -0.25) is 4.79 Å². The Balaban J connectivity index is 1.99. The zero-order chi connectivity index (χ0) is 13.8. The number of rotatable bonds is 3. The summed E-state index contributed by atoms with van der Waals surface area (Å²) in [6, 6.07) is 5.48. The summed E-state index contributed by atoms with van der Waals surface area (Å²) in [5.41, 5.74) is 0.676. The molecule has 0 radical (unpaired) electrons. The number of likely N-dealkylation sites (tertiary alicyclic amines) is 1. The van der Waals surface area contributed by atoms with Crippen molar-refractivity contribution in [3.8, 4) is 0 Å². The van der Waals surface area contributed by atoms with E-state index in [0.29, 0.717) is 16.5 Å². The van der Waals surface area contributed by atoms with Gasteiger partial charge in [-0.2, -0.15) is 0 Å². The van der Waals surface area contributed by atoms with Crippen LogP contribution in [0.2, 0.25) is 5.02 Å². The fourth-order valence-electron chi connectivity index (χ4n) is 2.35. The zero-order valence-electron chi connectivity index (χ0n) is 10.9. The van der Waals surface area contributed by atoms with E-state index in [1.165, 1.54) is 0 Å². The lowest BCUT2D eigenvalue weighted by atomic mass is 9.97. The average Bonchev–Trinajstić information content (AvgIpc) is 2.42. The van der Waals surface area contributed by atoms with Crippen molar-refractivity contribution in [1.29, 1.82) is 0 Å². The molecule has 0 atom stereocenters. The summed E-state index contributed by atoms with van der Waals surface area (Å²) in [5.74, 6) is 0.656. The Bertz CT molecular complexity index is 459. The van der Waals surface area contributed by atoms with Gasteiger partial charge >= 0.3 is 0 Å². The van der Waals surface area contributed by atoms with Crippen LogP contribution in [-0.4, -0.2) is 37.6 Å². The van der Waals surface area contributed by atoms with Gasteiger partial charge in [-0.1, -0.05) is 11.6 Å². The molecule has 1 amide bonds. The van der Waals surface area contributed by atoms with Crippen LogP contribution in [0.15, 0.2) is 18.2 Å². The Morgan fingerprint density at radius 3 is 2.74 bits per heavy atom. The lowest BCUT2D eigenvalue weighted by molar-refractivity contribution is 0.0613. The highest BCUT2D eigenvalue weighted by molar-refractivity contribution is 14.1. The minimum Gasteiger partial charge on any atom is -0.384 e. The summed E-state index contributed by atoms with van der Waals surface area (Å²) < 4.78 is 6.14. The van der Waals surface area contributed by atoms with E-state index < -0.39 is 0 Å². The normalized spacial score (nSPS) is 16.7. The molecule has 1 fully saturated rings. The molecule has 19 heavy (non-hydrogen) atoms. The molecule has 0 N–H and O–H groups in total. The number of nitrogens with zero attached hydrogens (tertiary/aromatic N) is 1. The number of hydrogen-bond acceptors (Lipinski definition) is 2. The fourth-order valence-corrected chi connectivity index (χ4v) is 2.87. The molecule has 0 unspecified atom stereocenters. The lowest BCUT2D eigenvalue weighted by Gasteiger charge is -2.31. The number of carbonyl (C=O) groups is 1. The third-order valence-corrected chi connectivity index (χ3v) is 5.04. The van der Waals surface area contributed by atoms with Crippen molar-refractivity contribution >= 4 is 40.1 Å². The first kappa shape index (κ1) is 15.1. The largest absolute Gasteiger partial charge is 0.384 e. The molecule has 104 valence electrons. The van der Waals surface area contributed by atoms with Crippen LogP contribution in [0.4, 0.5) is 0 Å². The molecule has 2 rings (SSSR count). The van der Waals surface area contributed by atoms with E-state index in [9.17, 15) is 4.79 Å². The van der Waals surface area contributed by atoms with E-state index in [0.717, 1.165) is 36.1 Å². The maximum atomic E-state index is 12.4. The van der Waals surface area contributed by atoms with Crippen molar-refractivity contribution in [3.63, 3.8) is 0 Å². The molecule has 5 heteroatoms. The molecule has 0 bridgehead atoms. The van der Waals surface area contributed by atoms with Crippen LogP contribution in [0, 0.1) is 9.49 Å². The van der Waals surface area contributed by atoms with Gasteiger partial charge in [-0.05, 0) is 59.5 Å². The number of benzene rings is 1. The number of carbonyl (C=O) groups excluding carboxylic acids is 1. The van der Waals surface area contributed by atoms with E-state index in [4.69, 9.17) is 16.3 Å². The minimum atomic E-state index is 0.0779. The molecule has 0 saturated carbocycles.